The van der Waals surface area contributed by atoms with Crippen LogP contribution in [0.4, 0.5) is 5.95 Å². The monoisotopic (exact) mass is 344 g/mol. The van der Waals surface area contributed by atoms with E-state index in [0.717, 1.165) is 31.6 Å². The van der Waals surface area contributed by atoms with E-state index in [2.05, 4.69) is 24.8 Å². The molecule has 0 N–H and O–H groups in total. The number of anilines is 1. The van der Waals surface area contributed by atoms with Gasteiger partial charge in [-0.05, 0) is 25.5 Å². The second kappa shape index (κ2) is 6.07. The van der Waals surface area contributed by atoms with Crippen LogP contribution in [0.1, 0.15) is 18.5 Å². The maximum Gasteiger partial charge on any atom is 0.238 e. The summed E-state index contributed by atoms with van der Waals surface area (Å²) in [6.07, 6.45) is 8.48. The molecule has 4 rings (SSSR count). The number of carbonyl (C=O) groups excluding carboxylic acids is 1. The molecule has 2 aliphatic rings. The molecule has 1 amide bonds. The van der Waals surface area contributed by atoms with Crippen LogP contribution in [-0.4, -0.2) is 50.4 Å². The lowest BCUT2D eigenvalue weighted by Crippen LogP contribution is -2.67. The van der Waals surface area contributed by atoms with Crippen LogP contribution in [0.25, 0.3) is 0 Å². The maximum absolute atomic E-state index is 12.8. The van der Waals surface area contributed by atoms with Gasteiger partial charge in [-0.15, -0.1) is 0 Å². The zero-order valence-corrected chi connectivity index (χ0v) is 13.9. The van der Waals surface area contributed by atoms with Crippen molar-refractivity contribution in [2.45, 2.75) is 19.4 Å². The molecule has 0 bridgehead atoms. The summed E-state index contributed by atoms with van der Waals surface area (Å²) in [5.74, 6) is 0.620. The van der Waals surface area contributed by atoms with Crippen LogP contribution in [0.15, 0.2) is 30.9 Å². The highest BCUT2D eigenvalue weighted by Gasteiger charge is 2.55. The molecule has 1 atom stereocenters. The number of β-lactam (4-membered cyclic amide) rings is 1. The Bertz CT molecular complexity index is 740. The van der Waals surface area contributed by atoms with Crippen LogP contribution < -0.4 is 4.90 Å². The van der Waals surface area contributed by atoms with Gasteiger partial charge in [-0.25, -0.2) is 15.0 Å². The standard InChI is InChI=1S/C16H17ClN6O/c17-13-8-20-12(7-21-13)9-22-6-1-3-16(10-22)11-23(14(16)24)15-18-4-2-5-19-15/h2,4-5,7-8H,1,3,6,9-11H2/t16-/m1/s1. The lowest BCUT2D eigenvalue weighted by atomic mass is 9.72. The molecular weight excluding hydrogens is 328 g/mol. The maximum atomic E-state index is 12.8. The van der Waals surface area contributed by atoms with Gasteiger partial charge in [-0.2, -0.15) is 0 Å². The van der Waals surface area contributed by atoms with E-state index < -0.39 is 0 Å². The van der Waals surface area contributed by atoms with E-state index in [-0.39, 0.29) is 11.3 Å². The van der Waals surface area contributed by atoms with Crippen molar-refractivity contribution in [3.8, 4) is 0 Å². The topological polar surface area (TPSA) is 75.1 Å². The van der Waals surface area contributed by atoms with Gasteiger partial charge in [0.15, 0.2) is 0 Å². The van der Waals surface area contributed by atoms with Crippen LogP contribution in [0.3, 0.4) is 0 Å². The Labute approximate surface area is 144 Å². The molecule has 0 radical (unpaired) electrons. The largest absolute Gasteiger partial charge is 0.296 e. The summed E-state index contributed by atoms with van der Waals surface area (Å²) >= 11 is 5.78. The average Bonchev–Trinajstić information content (AvgIpc) is 2.62. The van der Waals surface area contributed by atoms with Gasteiger partial charge in [0.2, 0.25) is 11.9 Å². The SMILES string of the molecule is O=C1N(c2ncccn2)C[C@]12CCCN(Cc1cnc(Cl)cn1)C2. The van der Waals surface area contributed by atoms with Gasteiger partial charge in [0.25, 0.3) is 0 Å². The summed E-state index contributed by atoms with van der Waals surface area (Å²) in [4.78, 5) is 33.4. The zero-order chi connectivity index (χ0) is 16.6. The highest BCUT2D eigenvalue weighted by molar-refractivity contribution is 6.29. The van der Waals surface area contributed by atoms with Gasteiger partial charge in [-0.3, -0.25) is 19.6 Å². The first-order valence-electron chi connectivity index (χ1n) is 7.94. The second-order valence-electron chi connectivity index (χ2n) is 6.37. The van der Waals surface area contributed by atoms with E-state index in [1.54, 1.807) is 35.8 Å². The molecule has 2 fully saturated rings. The highest BCUT2D eigenvalue weighted by atomic mass is 35.5. The van der Waals surface area contributed by atoms with Crippen LogP contribution >= 0.6 is 11.6 Å². The average molecular weight is 345 g/mol. The third-order valence-electron chi connectivity index (χ3n) is 4.67. The molecule has 8 heteroatoms. The van der Waals surface area contributed by atoms with E-state index in [1.165, 1.54) is 0 Å². The van der Waals surface area contributed by atoms with Gasteiger partial charge in [-0.1, -0.05) is 11.6 Å². The van der Waals surface area contributed by atoms with Crippen molar-refractivity contribution < 1.29 is 4.79 Å². The number of piperidine rings is 1. The van der Waals surface area contributed by atoms with Crippen molar-refractivity contribution in [2.75, 3.05) is 24.5 Å². The number of hydrogen-bond donors (Lipinski definition) is 0. The van der Waals surface area contributed by atoms with Gasteiger partial charge in [0.05, 0.1) is 23.5 Å². The van der Waals surface area contributed by atoms with Crippen molar-refractivity contribution in [2.24, 2.45) is 5.41 Å². The van der Waals surface area contributed by atoms with Gasteiger partial charge in [0.1, 0.15) is 5.15 Å². The summed E-state index contributed by atoms with van der Waals surface area (Å²) in [5, 5.41) is 0.390. The van der Waals surface area contributed by atoms with Crippen LogP contribution in [0.2, 0.25) is 5.15 Å². The molecule has 0 saturated carbocycles. The number of likely N-dealkylation sites (tertiary alicyclic amines) is 1. The summed E-state index contributed by atoms with van der Waals surface area (Å²) < 4.78 is 0. The van der Waals surface area contributed by atoms with Crippen molar-refractivity contribution >= 4 is 23.5 Å². The molecule has 2 aromatic heterocycles. The third kappa shape index (κ3) is 2.74. The normalized spacial score (nSPS) is 24.2. The number of rotatable bonds is 3. The Morgan fingerprint density at radius 1 is 1.12 bits per heavy atom. The van der Waals surface area contributed by atoms with E-state index >= 15 is 0 Å². The minimum Gasteiger partial charge on any atom is -0.296 e. The fourth-order valence-electron chi connectivity index (χ4n) is 3.54. The quantitative estimate of drug-likeness (QED) is 0.786. The lowest BCUT2D eigenvalue weighted by molar-refractivity contribution is -0.139. The number of carbonyl (C=O) groups is 1. The smallest absolute Gasteiger partial charge is 0.238 e. The highest BCUT2D eigenvalue weighted by Crippen LogP contribution is 2.41. The van der Waals surface area contributed by atoms with Crippen LogP contribution in [0, 0.1) is 5.41 Å². The zero-order valence-electron chi connectivity index (χ0n) is 13.1. The van der Waals surface area contributed by atoms with Gasteiger partial charge < -0.3 is 0 Å². The van der Waals surface area contributed by atoms with E-state index in [0.29, 0.717) is 24.2 Å². The predicted octanol–water partition coefficient (Wildman–Crippen LogP) is 1.55. The molecule has 2 saturated heterocycles. The Hall–Kier alpha value is -2.12. The first kappa shape index (κ1) is 15.4. The van der Waals surface area contributed by atoms with Gasteiger partial charge in [0, 0.05) is 32.0 Å². The van der Waals surface area contributed by atoms with Crippen LogP contribution in [-0.2, 0) is 11.3 Å². The summed E-state index contributed by atoms with van der Waals surface area (Å²) in [7, 11) is 0. The number of hydrogen-bond acceptors (Lipinski definition) is 6. The van der Waals surface area contributed by atoms with E-state index in [1.807, 2.05) is 0 Å². The van der Waals surface area contributed by atoms with Crippen molar-refractivity contribution in [1.29, 1.82) is 0 Å². The molecule has 7 nitrogen and oxygen atoms in total. The number of nitrogens with zero attached hydrogens (tertiary/aromatic N) is 6. The van der Waals surface area contributed by atoms with Crippen molar-refractivity contribution in [3.63, 3.8) is 0 Å². The van der Waals surface area contributed by atoms with E-state index in [9.17, 15) is 4.79 Å². The molecule has 4 heterocycles. The number of amides is 1. The third-order valence-corrected chi connectivity index (χ3v) is 4.86. The second-order valence-corrected chi connectivity index (χ2v) is 6.75. The Morgan fingerprint density at radius 3 is 2.67 bits per heavy atom. The summed E-state index contributed by atoms with van der Waals surface area (Å²) in [6, 6.07) is 1.75. The van der Waals surface area contributed by atoms with Crippen molar-refractivity contribution in [3.05, 3.63) is 41.7 Å². The van der Waals surface area contributed by atoms with Crippen LogP contribution in [0.5, 0.6) is 0 Å². The first-order chi connectivity index (χ1) is 11.7. The molecule has 0 aromatic carbocycles. The van der Waals surface area contributed by atoms with Gasteiger partial charge >= 0.3 is 0 Å². The minimum atomic E-state index is -0.308. The Morgan fingerprint density at radius 2 is 1.96 bits per heavy atom. The summed E-state index contributed by atoms with van der Waals surface area (Å²) in [5.41, 5.74) is 0.559. The molecule has 0 unspecified atom stereocenters. The Balaban J connectivity index is 1.44. The lowest BCUT2D eigenvalue weighted by Gasteiger charge is -2.52. The summed E-state index contributed by atoms with van der Waals surface area (Å²) in [6.45, 7) is 3.06. The van der Waals surface area contributed by atoms with Crippen molar-refractivity contribution in [1.82, 2.24) is 24.8 Å². The Kier molecular flexibility index (Phi) is 3.90. The first-order valence-corrected chi connectivity index (χ1v) is 8.32. The fraction of sp³-hybridized carbons (Fsp3) is 0.438. The fourth-order valence-corrected chi connectivity index (χ4v) is 3.64. The minimum absolute atomic E-state index is 0.126. The van der Waals surface area contributed by atoms with E-state index in [4.69, 9.17) is 11.6 Å². The molecular formula is C16H17ClN6O. The molecule has 2 aromatic rings. The number of aromatic nitrogens is 4. The molecule has 1 spiro atoms. The molecule has 0 aliphatic carbocycles. The molecule has 124 valence electrons. The predicted molar refractivity (Wildman–Crippen MR) is 88.4 cm³/mol. The molecule has 24 heavy (non-hydrogen) atoms. The molecule has 2 aliphatic heterocycles. The number of halogens is 1.